The van der Waals surface area contributed by atoms with Crippen molar-refractivity contribution < 1.29 is 9.90 Å². The molecule has 3 rings (SSSR count). The number of rotatable bonds is 0. The summed E-state index contributed by atoms with van der Waals surface area (Å²) in [6.07, 6.45) is 1.29. The van der Waals surface area contributed by atoms with Gasteiger partial charge in [0.1, 0.15) is 0 Å². The molecule has 0 aliphatic carbocycles. The number of piperidine rings is 1. The maximum Gasteiger partial charge on any atom is 0.407 e. The number of hydrogen-bond donors (Lipinski definition) is 1. The molecule has 0 spiro atoms. The Morgan fingerprint density at radius 1 is 1.17 bits per heavy atom. The monoisotopic (exact) mass is 170 g/mol. The molecule has 0 atom stereocenters. The molecule has 2 bridgehead atoms. The first-order valence-electron chi connectivity index (χ1n) is 4.49. The molecule has 3 fully saturated rings. The highest BCUT2D eigenvalue weighted by atomic mass is 16.4. The summed E-state index contributed by atoms with van der Waals surface area (Å²) in [5.74, 6) is 0. The van der Waals surface area contributed by atoms with Crippen LogP contribution < -0.4 is 0 Å². The lowest BCUT2D eigenvalue weighted by Crippen LogP contribution is -2.40. The van der Waals surface area contributed by atoms with Crippen LogP contribution in [0.4, 0.5) is 4.79 Å². The Morgan fingerprint density at radius 3 is 2.42 bits per heavy atom. The van der Waals surface area contributed by atoms with Crippen LogP contribution in [0.5, 0.6) is 0 Å². The Labute approximate surface area is 71.8 Å². The van der Waals surface area contributed by atoms with Crippen molar-refractivity contribution in [3.63, 3.8) is 0 Å². The molecule has 68 valence electrons. The van der Waals surface area contributed by atoms with Crippen LogP contribution >= 0.6 is 0 Å². The van der Waals surface area contributed by atoms with E-state index in [-0.39, 0.29) is 0 Å². The Balaban J connectivity index is 2.10. The average molecular weight is 170 g/mol. The second-order valence-electron chi connectivity index (χ2n) is 3.55. The zero-order valence-corrected chi connectivity index (χ0v) is 7.07. The van der Waals surface area contributed by atoms with E-state index in [1.54, 1.807) is 4.90 Å². The van der Waals surface area contributed by atoms with Gasteiger partial charge in [-0.1, -0.05) is 0 Å². The summed E-state index contributed by atoms with van der Waals surface area (Å²) in [5.41, 5.74) is 0. The van der Waals surface area contributed by atoms with Gasteiger partial charge in [-0.15, -0.1) is 0 Å². The Kier molecular flexibility index (Phi) is 1.92. The topological polar surface area (TPSA) is 43.8 Å². The maximum absolute atomic E-state index is 10.8. The molecule has 0 aromatic heterocycles. The first kappa shape index (κ1) is 7.86. The number of amides is 1. The van der Waals surface area contributed by atoms with Gasteiger partial charge in [-0.25, -0.2) is 4.79 Å². The van der Waals surface area contributed by atoms with Crippen molar-refractivity contribution in [2.24, 2.45) is 0 Å². The minimum atomic E-state index is -0.747. The maximum atomic E-state index is 10.8. The second kappa shape index (κ2) is 2.94. The van der Waals surface area contributed by atoms with Crippen LogP contribution in [0, 0.1) is 0 Å². The summed E-state index contributed by atoms with van der Waals surface area (Å²) < 4.78 is 0. The van der Waals surface area contributed by atoms with Crippen LogP contribution in [0.1, 0.15) is 12.8 Å². The van der Waals surface area contributed by atoms with Crippen LogP contribution in [0.15, 0.2) is 0 Å². The van der Waals surface area contributed by atoms with Gasteiger partial charge in [-0.05, 0) is 12.8 Å². The lowest BCUT2D eigenvalue weighted by molar-refractivity contribution is 0.124. The average Bonchev–Trinajstić information content (AvgIpc) is 2.36. The molecule has 4 heteroatoms. The van der Waals surface area contributed by atoms with Gasteiger partial charge in [-0.3, -0.25) is 0 Å². The summed E-state index contributed by atoms with van der Waals surface area (Å²) in [6, 6.07) is 0.293. The smallest absolute Gasteiger partial charge is 0.407 e. The number of fused-ring (bicyclic) bond motifs is 4. The number of carboxylic acid groups (broad SMARTS) is 1. The number of hydrogen-bond acceptors (Lipinski definition) is 2. The van der Waals surface area contributed by atoms with E-state index in [4.69, 9.17) is 5.11 Å². The van der Waals surface area contributed by atoms with Crippen LogP contribution in [0.2, 0.25) is 0 Å². The Morgan fingerprint density at radius 2 is 1.83 bits per heavy atom. The van der Waals surface area contributed by atoms with Gasteiger partial charge in [0.2, 0.25) is 0 Å². The third-order valence-electron chi connectivity index (χ3n) is 2.90. The molecule has 3 aliphatic rings. The molecule has 3 heterocycles. The van der Waals surface area contributed by atoms with Crippen LogP contribution in [0.3, 0.4) is 0 Å². The van der Waals surface area contributed by atoms with E-state index in [1.165, 1.54) is 0 Å². The van der Waals surface area contributed by atoms with E-state index >= 15 is 0 Å². The van der Waals surface area contributed by atoms with Gasteiger partial charge >= 0.3 is 6.09 Å². The van der Waals surface area contributed by atoms with E-state index in [9.17, 15) is 4.79 Å². The highest BCUT2D eigenvalue weighted by Crippen LogP contribution is 2.20. The Hall–Kier alpha value is -0.770. The van der Waals surface area contributed by atoms with Gasteiger partial charge in [0, 0.05) is 32.2 Å². The molecule has 12 heavy (non-hydrogen) atoms. The molecular formula is C8H14N2O2. The molecule has 0 aromatic rings. The number of nitrogens with zero attached hydrogens (tertiary/aromatic N) is 2. The van der Waals surface area contributed by atoms with Crippen molar-refractivity contribution in [2.45, 2.75) is 18.9 Å². The molecule has 0 aromatic carbocycles. The minimum absolute atomic E-state index is 0.293. The molecule has 0 saturated carbocycles. The standard InChI is InChI=1S/C8H14N2O2/c11-8(12)10-6-5-9-3-1-7(10)2-4-9/h7H,1-6H2,(H,11,12). The summed E-state index contributed by atoms with van der Waals surface area (Å²) in [4.78, 5) is 14.8. The van der Waals surface area contributed by atoms with Crippen LogP contribution in [-0.2, 0) is 0 Å². The number of carbonyl (C=O) groups is 1. The van der Waals surface area contributed by atoms with Crippen molar-refractivity contribution >= 4 is 6.09 Å². The normalized spacial score (nSPS) is 34.8. The van der Waals surface area contributed by atoms with E-state index < -0.39 is 6.09 Å². The van der Waals surface area contributed by atoms with Crippen molar-refractivity contribution in [1.29, 1.82) is 0 Å². The van der Waals surface area contributed by atoms with E-state index in [0.717, 1.165) is 32.5 Å². The summed E-state index contributed by atoms with van der Waals surface area (Å²) in [6.45, 7) is 3.77. The lowest BCUT2D eigenvalue weighted by atomic mass is 10.1. The zero-order chi connectivity index (χ0) is 8.55. The summed E-state index contributed by atoms with van der Waals surface area (Å²) in [7, 11) is 0. The molecule has 0 radical (unpaired) electrons. The first-order chi connectivity index (χ1) is 5.77. The van der Waals surface area contributed by atoms with Crippen molar-refractivity contribution in [3.8, 4) is 0 Å². The minimum Gasteiger partial charge on any atom is -0.465 e. The molecule has 1 amide bonds. The highest BCUT2D eigenvalue weighted by Gasteiger charge is 2.31. The predicted molar refractivity (Wildman–Crippen MR) is 44.2 cm³/mol. The van der Waals surface area contributed by atoms with Crippen molar-refractivity contribution in [2.75, 3.05) is 26.2 Å². The van der Waals surface area contributed by atoms with Crippen molar-refractivity contribution in [3.05, 3.63) is 0 Å². The van der Waals surface area contributed by atoms with Gasteiger partial charge < -0.3 is 14.9 Å². The van der Waals surface area contributed by atoms with Crippen LogP contribution in [-0.4, -0.2) is 53.2 Å². The van der Waals surface area contributed by atoms with E-state index in [2.05, 4.69) is 4.90 Å². The van der Waals surface area contributed by atoms with E-state index in [1.807, 2.05) is 0 Å². The van der Waals surface area contributed by atoms with Crippen molar-refractivity contribution in [1.82, 2.24) is 9.80 Å². The van der Waals surface area contributed by atoms with Gasteiger partial charge in [0.15, 0.2) is 0 Å². The molecule has 3 saturated heterocycles. The van der Waals surface area contributed by atoms with Gasteiger partial charge in [0.25, 0.3) is 0 Å². The largest absolute Gasteiger partial charge is 0.465 e. The molecule has 3 aliphatic heterocycles. The highest BCUT2D eigenvalue weighted by molar-refractivity contribution is 5.65. The second-order valence-corrected chi connectivity index (χ2v) is 3.55. The quantitative estimate of drug-likeness (QED) is 0.574. The van der Waals surface area contributed by atoms with Gasteiger partial charge in [-0.2, -0.15) is 0 Å². The molecule has 0 unspecified atom stereocenters. The van der Waals surface area contributed by atoms with E-state index in [0.29, 0.717) is 12.6 Å². The molecule has 4 nitrogen and oxygen atoms in total. The molecule has 1 N–H and O–H groups in total. The molecular weight excluding hydrogens is 156 g/mol. The zero-order valence-electron chi connectivity index (χ0n) is 7.07. The fourth-order valence-electron chi connectivity index (χ4n) is 2.14. The summed E-state index contributed by atoms with van der Waals surface area (Å²) >= 11 is 0. The summed E-state index contributed by atoms with van der Waals surface area (Å²) in [5, 5.41) is 8.89. The van der Waals surface area contributed by atoms with Gasteiger partial charge in [0.05, 0.1) is 0 Å². The SMILES string of the molecule is O=C(O)N1CCN2CCC1CC2. The third kappa shape index (κ3) is 1.27. The lowest BCUT2D eigenvalue weighted by Gasteiger charge is -2.29. The third-order valence-corrected chi connectivity index (χ3v) is 2.90. The fourth-order valence-corrected chi connectivity index (χ4v) is 2.14. The predicted octanol–water partition coefficient (Wildman–Crippen LogP) is 0.444. The Bertz CT molecular complexity index is 187. The first-order valence-corrected chi connectivity index (χ1v) is 4.49. The fraction of sp³-hybridized carbons (Fsp3) is 0.875. The van der Waals surface area contributed by atoms with Crippen LogP contribution in [0.25, 0.3) is 0 Å².